The van der Waals surface area contributed by atoms with Crippen LogP contribution >= 0.6 is 11.8 Å². The lowest BCUT2D eigenvalue weighted by molar-refractivity contribution is -0.124. The number of hydrogen-bond donors (Lipinski definition) is 2. The van der Waals surface area contributed by atoms with Gasteiger partial charge in [-0.1, -0.05) is 50.7 Å². The van der Waals surface area contributed by atoms with E-state index in [0.717, 1.165) is 12.1 Å². The van der Waals surface area contributed by atoms with Crippen molar-refractivity contribution in [3.63, 3.8) is 0 Å². The monoisotopic (exact) mass is 375 g/mol. The van der Waals surface area contributed by atoms with Gasteiger partial charge in [-0.2, -0.15) is 0 Å². The number of thioether (sulfide) groups is 1. The summed E-state index contributed by atoms with van der Waals surface area (Å²) in [6.45, 7) is 6.59. The molecule has 1 aromatic carbocycles. The summed E-state index contributed by atoms with van der Waals surface area (Å²) in [5.41, 5.74) is 2.22. The predicted molar refractivity (Wildman–Crippen MR) is 102 cm³/mol. The van der Waals surface area contributed by atoms with E-state index in [4.69, 9.17) is 0 Å². The van der Waals surface area contributed by atoms with Crippen molar-refractivity contribution < 1.29 is 9.59 Å². The second-order valence-electron chi connectivity index (χ2n) is 6.05. The van der Waals surface area contributed by atoms with Crippen LogP contribution in [0.3, 0.4) is 0 Å². The highest BCUT2D eigenvalue weighted by molar-refractivity contribution is 7.99. The zero-order valence-electron chi connectivity index (χ0n) is 15.4. The number of para-hydroxylation sites is 1. The number of rotatable bonds is 9. The molecule has 7 nitrogen and oxygen atoms in total. The van der Waals surface area contributed by atoms with Crippen LogP contribution in [0.4, 0.5) is 0 Å². The summed E-state index contributed by atoms with van der Waals surface area (Å²) >= 11 is 1.34. The third kappa shape index (κ3) is 5.59. The lowest BCUT2D eigenvalue weighted by atomic mass is 10.1. The number of hydrogen-bond acceptors (Lipinski definition) is 5. The molecule has 0 atom stereocenters. The number of aromatic nitrogens is 3. The molecule has 2 N–H and O–H groups in total. The molecular formula is C18H25N5O2S. The first-order chi connectivity index (χ1) is 12.5. The lowest BCUT2D eigenvalue weighted by Crippen LogP contribution is -2.37. The van der Waals surface area contributed by atoms with Gasteiger partial charge in [-0.15, -0.1) is 10.2 Å². The Balaban J connectivity index is 1.84. The van der Waals surface area contributed by atoms with Gasteiger partial charge in [0.2, 0.25) is 11.8 Å². The minimum Gasteiger partial charge on any atom is -0.354 e. The van der Waals surface area contributed by atoms with Crippen LogP contribution in [0.2, 0.25) is 0 Å². The summed E-state index contributed by atoms with van der Waals surface area (Å²) < 4.78 is 1.90. The Morgan fingerprint density at radius 1 is 1.19 bits per heavy atom. The molecule has 0 unspecified atom stereocenters. The number of carbonyl (C=O) groups is 2. The number of benzene rings is 1. The summed E-state index contributed by atoms with van der Waals surface area (Å²) in [7, 11) is 0. The molecule has 0 aliphatic heterocycles. The third-order valence-corrected chi connectivity index (χ3v) is 4.69. The average molecular weight is 375 g/mol. The van der Waals surface area contributed by atoms with Crippen LogP contribution in [0, 0.1) is 5.92 Å². The van der Waals surface area contributed by atoms with Crippen LogP contribution in [0.15, 0.2) is 35.7 Å². The van der Waals surface area contributed by atoms with Crippen molar-refractivity contribution in [3.8, 4) is 5.69 Å². The van der Waals surface area contributed by atoms with Gasteiger partial charge in [-0.3, -0.25) is 14.2 Å². The van der Waals surface area contributed by atoms with Crippen molar-refractivity contribution in [1.82, 2.24) is 25.4 Å². The second kappa shape index (κ2) is 9.96. The number of carbonyl (C=O) groups excluding carboxylic acids is 2. The van der Waals surface area contributed by atoms with Crippen LogP contribution in [-0.4, -0.2) is 45.4 Å². The third-order valence-electron chi connectivity index (χ3n) is 3.75. The Morgan fingerprint density at radius 2 is 1.92 bits per heavy atom. The average Bonchev–Trinajstić information content (AvgIpc) is 3.11. The molecule has 2 aromatic rings. The highest BCUT2D eigenvalue weighted by Gasteiger charge is 2.12. The van der Waals surface area contributed by atoms with E-state index in [0.29, 0.717) is 18.2 Å². The fourth-order valence-corrected chi connectivity index (χ4v) is 3.06. The van der Waals surface area contributed by atoms with Crippen LogP contribution in [0.1, 0.15) is 26.3 Å². The predicted octanol–water partition coefficient (Wildman–Crippen LogP) is 1.81. The first kappa shape index (κ1) is 20.0. The molecule has 0 radical (unpaired) electrons. The topological polar surface area (TPSA) is 88.9 Å². The van der Waals surface area contributed by atoms with Crippen molar-refractivity contribution in [1.29, 1.82) is 0 Å². The highest BCUT2D eigenvalue weighted by Crippen LogP contribution is 2.22. The molecule has 0 aliphatic carbocycles. The van der Waals surface area contributed by atoms with E-state index < -0.39 is 0 Å². The van der Waals surface area contributed by atoms with E-state index >= 15 is 0 Å². The molecule has 1 aromatic heterocycles. The van der Waals surface area contributed by atoms with Gasteiger partial charge >= 0.3 is 0 Å². The zero-order chi connectivity index (χ0) is 18.9. The summed E-state index contributed by atoms with van der Waals surface area (Å²) in [5, 5.41) is 14.3. The standard InChI is InChI=1S/C18H25N5O2S/c1-4-14-7-5-6-8-15(14)23-12-21-22-18(23)26-11-16(24)19-9-10-20-17(25)13(2)3/h5-8,12-13H,4,9-11H2,1-3H3,(H,19,24)(H,20,25). The van der Waals surface area contributed by atoms with Crippen LogP contribution < -0.4 is 10.6 Å². The quantitative estimate of drug-likeness (QED) is 0.515. The SMILES string of the molecule is CCc1ccccc1-n1cnnc1SCC(=O)NCCNC(=O)C(C)C. The number of nitrogens with zero attached hydrogens (tertiary/aromatic N) is 3. The molecule has 2 rings (SSSR count). The maximum absolute atomic E-state index is 12.0. The van der Waals surface area contributed by atoms with Gasteiger partial charge in [0.05, 0.1) is 11.4 Å². The summed E-state index contributed by atoms with van der Waals surface area (Å²) in [5.74, 6) is 0.0625. The number of nitrogens with one attached hydrogen (secondary N) is 2. The van der Waals surface area contributed by atoms with E-state index in [1.807, 2.05) is 36.6 Å². The van der Waals surface area contributed by atoms with E-state index in [9.17, 15) is 9.59 Å². The molecule has 26 heavy (non-hydrogen) atoms. The van der Waals surface area contributed by atoms with Crippen molar-refractivity contribution in [2.24, 2.45) is 5.92 Å². The van der Waals surface area contributed by atoms with Crippen LogP contribution in [0.25, 0.3) is 5.69 Å². The summed E-state index contributed by atoms with van der Waals surface area (Å²) in [6, 6.07) is 8.07. The Labute approximate surface area is 158 Å². The van der Waals surface area contributed by atoms with E-state index in [1.54, 1.807) is 6.33 Å². The molecule has 0 bridgehead atoms. The first-order valence-electron chi connectivity index (χ1n) is 8.68. The Kier molecular flexibility index (Phi) is 7.65. The van der Waals surface area contributed by atoms with Crippen molar-refractivity contribution in [2.75, 3.05) is 18.8 Å². The minimum absolute atomic E-state index is 0.0173. The fraction of sp³-hybridized carbons (Fsp3) is 0.444. The number of amides is 2. The fourth-order valence-electron chi connectivity index (χ4n) is 2.31. The molecule has 0 saturated heterocycles. The van der Waals surface area contributed by atoms with E-state index in [1.165, 1.54) is 17.3 Å². The molecule has 0 fully saturated rings. The van der Waals surface area contributed by atoms with Crippen molar-refractivity contribution in [2.45, 2.75) is 32.3 Å². The Hall–Kier alpha value is -2.35. The Morgan fingerprint density at radius 3 is 2.65 bits per heavy atom. The van der Waals surface area contributed by atoms with Gasteiger partial charge in [-0.25, -0.2) is 0 Å². The smallest absolute Gasteiger partial charge is 0.230 e. The maximum Gasteiger partial charge on any atom is 0.230 e. The first-order valence-corrected chi connectivity index (χ1v) is 9.67. The van der Waals surface area contributed by atoms with Gasteiger partial charge in [0.15, 0.2) is 5.16 Å². The van der Waals surface area contributed by atoms with Gasteiger partial charge in [0.25, 0.3) is 0 Å². The van der Waals surface area contributed by atoms with Gasteiger partial charge < -0.3 is 10.6 Å². The molecule has 1 heterocycles. The highest BCUT2D eigenvalue weighted by atomic mass is 32.2. The van der Waals surface area contributed by atoms with Crippen molar-refractivity contribution >= 4 is 23.6 Å². The summed E-state index contributed by atoms with van der Waals surface area (Å²) in [4.78, 5) is 23.4. The van der Waals surface area contributed by atoms with Gasteiger partial charge in [0, 0.05) is 19.0 Å². The van der Waals surface area contributed by atoms with Crippen LogP contribution in [-0.2, 0) is 16.0 Å². The molecule has 8 heteroatoms. The molecule has 2 amide bonds. The van der Waals surface area contributed by atoms with E-state index in [2.05, 4.69) is 33.8 Å². The van der Waals surface area contributed by atoms with Gasteiger partial charge in [0.1, 0.15) is 6.33 Å². The van der Waals surface area contributed by atoms with Gasteiger partial charge in [-0.05, 0) is 18.1 Å². The normalized spacial score (nSPS) is 10.8. The largest absolute Gasteiger partial charge is 0.354 e. The number of aryl methyl sites for hydroxylation is 1. The Bertz CT molecular complexity index is 745. The second-order valence-corrected chi connectivity index (χ2v) is 6.99. The molecule has 0 saturated carbocycles. The lowest BCUT2D eigenvalue weighted by Gasteiger charge is -2.11. The van der Waals surface area contributed by atoms with E-state index in [-0.39, 0.29) is 23.5 Å². The minimum atomic E-state index is -0.105. The molecule has 140 valence electrons. The van der Waals surface area contributed by atoms with Crippen molar-refractivity contribution in [3.05, 3.63) is 36.2 Å². The zero-order valence-corrected chi connectivity index (χ0v) is 16.2. The maximum atomic E-state index is 12.0. The molecular weight excluding hydrogens is 350 g/mol. The molecule has 0 spiro atoms. The van der Waals surface area contributed by atoms with Crippen LogP contribution in [0.5, 0.6) is 0 Å². The molecule has 0 aliphatic rings. The summed E-state index contributed by atoms with van der Waals surface area (Å²) in [6.07, 6.45) is 2.57.